The van der Waals surface area contributed by atoms with Crippen LogP contribution in [0.25, 0.3) is 11.4 Å². The fourth-order valence-electron chi connectivity index (χ4n) is 2.52. The molecule has 0 saturated heterocycles. The van der Waals surface area contributed by atoms with Gasteiger partial charge in [0.15, 0.2) is 5.82 Å². The highest BCUT2D eigenvalue weighted by atomic mass is 79.9. The molecular weight excluding hydrogens is 404 g/mol. The molecule has 2 N–H and O–H groups in total. The van der Waals surface area contributed by atoms with Crippen molar-refractivity contribution in [2.24, 2.45) is 0 Å². The molecule has 0 atom stereocenters. The minimum atomic E-state index is -0.257. The Balaban J connectivity index is 1.49. The largest absolute Gasteiger partial charge is 0.322 e. The topological polar surface area (TPSA) is 70.7 Å². The van der Waals surface area contributed by atoms with Crippen molar-refractivity contribution < 1.29 is 4.79 Å². The van der Waals surface area contributed by atoms with Crippen molar-refractivity contribution in [2.45, 2.75) is 18.8 Å². The van der Waals surface area contributed by atoms with Crippen LogP contribution >= 0.6 is 27.5 Å². The number of aromatic amines is 1. The lowest BCUT2D eigenvalue weighted by molar-refractivity contribution is 0.102. The summed E-state index contributed by atoms with van der Waals surface area (Å²) < 4.78 is 0.800. The number of amides is 1. The predicted octanol–water partition coefficient (Wildman–Crippen LogP) is 5.02. The molecule has 1 saturated carbocycles. The molecule has 0 spiro atoms. The molecular formula is C18H14BrClN4O. The Labute approximate surface area is 157 Å². The number of carbonyl (C=O) groups excluding carboxylic acids is 1. The van der Waals surface area contributed by atoms with E-state index in [1.807, 2.05) is 24.3 Å². The maximum absolute atomic E-state index is 12.4. The molecule has 0 unspecified atom stereocenters. The van der Waals surface area contributed by atoms with Crippen molar-refractivity contribution in [3.05, 3.63) is 63.3 Å². The highest BCUT2D eigenvalue weighted by Crippen LogP contribution is 2.38. The Bertz CT molecular complexity index is 935. The Hall–Kier alpha value is -2.18. The molecule has 1 aliphatic carbocycles. The van der Waals surface area contributed by atoms with Crippen LogP contribution in [0.2, 0.25) is 5.02 Å². The number of halogens is 2. The third-order valence-corrected chi connectivity index (χ3v) is 4.86. The van der Waals surface area contributed by atoms with Crippen LogP contribution in [-0.2, 0) is 0 Å². The first-order valence-electron chi connectivity index (χ1n) is 7.89. The lowest BCUT2D eigenvalue weighted by Gasteiger charge is -2.07. The van der Waals surface area contributed by atoms with Crippen LogP contribution in [0.4, 0.5) is 5.69 Å². The molecule has 0 aliphatic heterocycles. The van der Waals surface area contributed by atoms with Gasteiger partial charge in [0.1, 0.15) is 5.82 Å². The Morgan fingerprint density at radius 3 is 2.68 bits per heavy atom. The summed E-state index contributed by atoms with van der Waals surface area (Å²) in [7, 11) is 0. The number of benzene rings is 2. The molecule has 2 aromatic carbocycles. The molecule has 1 aromatic heterocycles. The lowest BCUT2D eigenvalue weighted by Crippen LogP contribution is -2.12. The average molecular weight is 418 g/mol. The van der Waals surface area contributed by atoms with Gasteiger partial charge in [-0.05, 0) is 55.3 Å². The van der Waals surface area contributed by atoms with Crippen LogP contribution < -0.4 is 5.32 Å². The van der Waals surface area contributed by atoms with Crippen molar-refractivity contribution in [1.82, 2.24) is 15.2 Å². The molecule has 25 heavy (non-hydrogen) atoms. The predicted molar refractivity (Wildman–Crippen MR) is 101 cm³/mol. The molecule has 1 heterocycles. The van der Waals surface area contributed by atoms with Gasteiger partial charge in [0.05, 0.1) is 10.6 Å². The summed E-state index contributed by atoms with van der Waals surface area (Å²) in [6.07, 6.45) is 2.36. The molecule has 7 heteroatoms. The Kier molecular flexibility index (Phi) is 4.31. The van der Waals surface area contributed by atoms with Crippen molar-refractivity contribution in [1.29, 1.82) is 0 Å². The molecule has 1 amide bonds. The molecule has 1 fully saturated rings. The van der Waals surface area contributed by atoms with E-state index in [0.717, 1.165) is 15.9 Å². The maximum Gasteiger partial charge on any atom is 0.257 e. The normalized spacial score (nSPS) is 13.7. The fourth-order valence-corrected chi connectivity index (χ4v) is 3.08. The van der Waals surface area contributed by atoms with Gasteiger partial charge in [-0.25, -0.2) is 4.98 Å². The smallest absolute Gasteiger partial charge is 0.257 e. The summed E-state index contributed by atoms with van der Waals surface area (Å²) >= 11 is 9.44. The van der Waals surface area contributed by atoms with Crippen LogP contribution in [0.5, 0.6) is 0 Å². The van der Waals surface area contributed by atoms with E-state index in [9.17, 15) is 4.79 Å². The summed E-state index contributed by atoms with van der Waals surface area (Å²) in [4.78, 5) is 16.9. The van der Waals surface area contributed by atoms with Crippen molar-refractivity contribution in [3.63, 3.8) is 0 Å². The second-order valence-electron chi connectivity index (χ2n) is 5.97. The van der Waals surface area contributed by atoms with Crippen LogP contribution in [0.1, 0.15) is 34.9 Å². The highest BCUT2D eigenvalue weighted by Gasteiger charge is 2.27. The number of anilines is 1. The number of carbonyl (C=O) groups is 1. The summed E-state index contributed by atoms with van der Waals surface area (Å²) in [6, 6.07) is 12.6. The number of nitrogens with zero attached hydrogens (tertiary/aromatic N) is 2. The number of nitrogens with one attached hydrogen (secondary N) is 2. The summed E-state index contributed by atoms with van der Waals surface area (Å²) in [5.41, 5.74) is 2.01. The van der Waals surface area contributed by atoms with Crippen molar-refractivity contribution in [3.8, 4) is 11.4 Å². The number of rotatable bonds is 4. The minimum absolute atomic E-state index is 0.257. The molecule has 0 radical (unpaired) electrons. The van der Waals surface area contributed by atoms with Gasteiger partial charge in [0.2, 0.25) is 0 Å². The minimum Gasteiger partial charge on any atom is -0.322 e. The quantitative estimate of drug-likeness (QED) is 0.626. The SMILES string of the molecule is O=C(Nc1ccc(-c2n[nH]c(C3CC3)n2)cc1)c1cc(Br)ccc1Cl. The van der Waals surface area contributed by atoms with Crippen LogP contribution in [0.15, 0.2) is 46.9 Å². The van der Waals surface area contributed by atoms with E-state index < -0.39 is 0 Å². The van der Waals surface area contributed by atoms with E-state index in [1.54, 1.807) is 18.2 Å². The number of hydrogen-bond donors (Lipinski definition) is 2. The van der Waals surface area contributed by atoms with E-state index in [-0.39, 0.29) is 5.91 Å². The van der Waals surface area contributed by atoms with E-state index >= 15 is 0 Å². The number of hydrogen-bond acceptors (Lipinski definition) is 3. The maximum atomic E-state index is 12.4. The first kappa shape index (κ1) is 16.3. The number of H-pyrrole nitrogens is 1. The molecule has 126 valence electrons. The van der Waals surface area contributed by atoms with E-state index in [4.69, 9.17) is 11.6 Å². The van der Waals surface area contributed by atoms with Crippen molar-refractivity contribution >= 4 is 39.1 Å². The third-order valence-electron chi connectivity index (χ3n) is 4.04. The van der Waals surface area contributed by atoms with Crippen LogP contribution in [0.3, 0.4) is 0 Å². The molecule has 4 rings (SSSR count). The standard InChI is InChI=1S/C18H14BrClN4O/c19-12-5-8-15(20)14(9-12)18(25)21-13-6-3-11(4-7-13)17-22-16(23-24-17)10-1-2-10/h3-10H,1-2H2,(H,21,25)(H,22,23,24). The Morgan fingerprint density at radius 1 is 1.20 bits per heavy atom. The van der Waals surface area contributed by atoms with Gasteiger partial charge in [-0.1, -0.05) is 27.5 Å². The zero-order valence-electron chi connectivity index (χ0n) is 13.1. The van der Waals surface area contributed by atoms with Gasteiger partial charge in [-0.3, -0.25) is 9.89 Å². The van der Waals surface area contributed by atoms with Gasteiger partial charge < -0.3 is 5.32 Å². The highest BCUT2D eigenvalue weighted by molar-refractivity contribution is 9.10. The molecule has 1 aliphatic rings. The van der Waals surface area contributed by atoms with Gasteiger partial charge in [-0.2, -0.15) is 5.10 Å². The van der Waals surface area contributed by atoms with E-state index in [2.05, 4.69) is 36.4 Å². The number of aromatic nitrogens is 3. The second kappa shape index (κ2) is 6.61. The molecule has 3 aromatic rings. The van der Waals surface area contributed by atoms with Gasteiger partial charge >= 0.3 is 0 Å². The lowest BCUT2D eigenvalue weighted by atomic mass is 10.1. The van der Waals surface area contributed by atoms with Gasteiger partial charge in [0.25, 0.3) is 5.91 Å². The zero-order chi connectivity index (χ0) is 17.4. The van der Waals surface area contributed by atoms with E-state index in [0.29, 0.717) is 28.0 Å². The first-order valence-corrected chi connectivity index (χ1v) is 9.06. The summed E-state index contributed by atoms with van der Waals surface area (Å²) in [5.74, 6) is 1.91. The average Bonchev–Trinajstić information content (AvgIpc) is 3.35. The summed E-state index contributed by atoms with van der Waals surface area (Å²) in [6.45, 7) is 0. The monoisotopic (exact) mass is 416 g/mol. The fraction of sp³-hybridized carbons (Fsp3) is 0.167. The second-order valence-corrected chi connectivity index (χ2v) is 7.30. The zero-order valence-corrected chi connectivity index (χ0v) is 15.4. The van der Waals surface area contributed by atoms with Gasteiger partial charge in [0, 0.05) is 21.6 Å². The van der Waals surface area contributed by atoms with Crippen LogP contribution in [0, 0.1) is 0 Å². The van der Waals surface area contributed by atoms with Crippen LogP contribution in [-0.4, -0.2) is 21.1 Å². The molecule has 5 nitrogen and oxygen atoms in total. The summed E-state index contributed by atoms with van der Waals surface area (Å²) in [5, 5.41) is 10.5. The molecule has 0 bridgehead atoms. The third kappa shape index (κ3) is 3.60. The van der Waals surface area contributed by atoms with E-state index in [1.165, 1.54) is 12.8 Å². The van der Waals surface area contributed by atoms with Crippen molar-refractivity contribution in [2.75, 3.05) is 5.32 Å². The first-order chi connectivity index (χ1) is 12.1. The van der Waals surface area contributed by atoms with Gasteiger partial charge in [-0.15, -0.1) is 0 Å². The Morgan fingerprint density at radius 2 is 1.96 bits per heavy atom.